The summed E-state index contributed by atoms with van der Waals surface area (Å²) in [4.78, 5) is 23.7. The molecule has 0 radical (unpaired) electrons. The molecule has 3 aromatic rings. The third kappa shape index (κ3) is 6.10. The molecule has 1 atom stereocenters. The molecule has 6 heteroatoms. The predicted octanol–water partition coefficient (Wildman–Crippen LogP) is 4.88. The van der Waals surface area contributed by atoms with E-state index in [0.717, 1.165) is 11.4 Å². The summed E-state index contributed by atoms with van der Waals surface area (Å²) in [6, 6.07) is 23.4. The van der Waals surface area contributed by atoms with Gasteiger partial charge in [-0.05, 0) is 61.5 Å². The standard InChI is InChI=1S/C23H23N3O3/c1-16(24-19-7-6-8-20(15-19)25-17(2)27)23(28)26-18-11-13-22(14-12-18)29-21-9-4-3-5-10-21/h3-16,24H,1-2H3,(H,25,27)(H,26,28)/t16-/m1/s1. The topological polar surface area (TPSA) is 79.5 Å². The van der Waals surface area contributed by atoms with Crippen LogP contribution in [0.5, 0.6) is 11.5 Å². The summed E-state index contributed by atoms with van der Waals surface area (Å²) in [6.45, 7) is 3.22. The molecule has 6 nitrogen and oxygen atoms in total. The number of carbonyl (C=O) groups is 2. The largest absolute Gasteiger partial charge is 0.457 e. The maximum atomic E-state index is 12.5. The fourth-order valence-corrected chi connectivity index (χ4v) is 2.69. The summed E-state index contributed by atoms with van der Waals surface area (Å²) >= 11 is 0. The molecule has 3 N–H and O–H groups in total. The fourth-order valence-electron chi connectivity index (χ4n) is 2.69. The SMILES string of the molecule is CC(=O)Nc1cccc(N[C@H](C)C(=O)Nc2ccc(Oc3ccccc3)cc2)c1. The smallest absolute Gasteiger partial charge is 0.246 e. The van der Waals surface area contributed by atoms with E-state index in [9.17, 15) is 9.59 Å². The lowest BCUT2D eigenvalue weighted by Crippen LogP contribution is -2.31. The Morgan fingerprint density at radius 1 is 0.759 bits per heavy atom. The van der Waals surface area contributed by atoms with Gasteiger partial charge in [-0.3, -0.25) is 9.59 Å². The second-order valence-electron chi connectivity index (χ2n) is 6.56. The highest BCUT2D eigenvalue weighted by Gasteiger charge is 2.13. The molecule has 0 spiro atoms. The molecule has 0 bridgehead atoms. The minimum atomic E-state index is -0.470. The van der Waals surface area contributed by atoms with Crippen LogP contribution in [-0.4, -0.2) is 17.9 Å². The van der Waals surface area contributed by atoms with Crippen molar-refractivity contribution < 1.29 is 14.3 Å². The molecule has 0 aliphatic rings. The van der Waals surface area contributed by atoms with Gasteiger partial charge in [0.1, 0.15) is 17.5 Å². The Morgan fingerprint density at radius 2 is 1.41 bits per heavy atom. The lowest BCUT2D eigenvalue weighted by atomic mass is 10.2. The molecule has 0 saturated heterocycles. The summed E-state index contributed by atoms with van der Waals surface area (Å²) in [5.41, 5.74) is 2.09. The number of amides is 2. The van der Waals surface area contributed by atoms with E-state index in [1.165, 1.54) is 6.92 Å². The number of nitrogens with one attached hydrogen (secondary N) is 3. The summed E-state index contributed by atoms with van der Waals surface area (Å²) in [6.07, 6.45) is 0. The van der Waals surface area contributed by atoms with Crippen molar-refractivity contribution in [3.05, 3.63) is 78.9 Å². The van der Waals surface area contributed by atoms with Crippen molar-refractivity contribution in [1.82, 2.24) is 0 Å². The lowest BCUT2D eigenvalue weighted by Gasteiger charge is -2.16. The zero-order chi connectivity index (χ0) is 20.6. The van der Waals surface area contributed by atoms with Crippen LogP contribution in [0, 0.1) is 0 Å². The van der Waals surface area contributed by atoms with Crippen molar-refractivity contribution in [3.63, 3.8) is 0 Å². The quantitative estimate of drug-likeness (QED) is 0.538. The number of para-hydroxylation sites is 1. The first-order chi connectivity index (χ1) is 14.0. The van der Waals surface area contributed by atoms with E-state index in [1.54, 1.807) is 43.3 Å². The van der Waals surface area contributed by atoms with Gasteiger partial charge >= 0.3 is 0 Å². The van der Waals surface area contributed by atoms with Gasteiger partial charge in [0.05, 0.1) is 0 Å². The number of ether oxygens (including phenoxy) is 1. The average Bonchev–Trinajstić information content (AvgIpc) is 2.70. The van der Waals surface area contributed by atoms with Crippen molar-refractivity contribution in [2.45, 2.75) is 19.9 Å². The Hall–Kier alpha value is -3.80. The van der Waals surface area contributed by atoms with Gasteiger partial charge in [0.15, 0.2) is 0 Å². The van der Waals surface area contributed by atoms with Gasteiger partial charge < -0.3 is 20.7 Å². The van der Waals surface area contributed by atoms with Gasteiger partial charge in [0, 0.05) is 24.0 Å². The molecular formula is C23H23N3O3. The van der Waals surface area contributed by atoms with E-state index in [-0.39, 0.29) is 11.8 Å². The summed E-state index contributed by atoms with van der Waals surface area (Å²) in [5, 5.41) is 8.72. The highest BCUT2D eigenvalue weighted by Crippen LogP contribution is 2.23. The molecule has 148 valence electrons. The van der Waals surface area contributed by atoms with Gasteiger partial charge in [0.2, 0.25) is 11.8 Å². The minimum Gasteiger partial charge on any atom is -0.457 e. The van der Waals surface area contributed by atoms with E-state index in [1.807, 2.05) is 42.5 Å². The highest BCUT2D eigenvalue weighted by atomic mass is 16.5. The lowest BCUT2D eigenvalue weighted by molar-refractivity contribution is -0.116. The normalized spacial score (nSPS) is 11.2. The third-order valence-electron chi connectivity index (χ3n) is 4.06. The van der Waals surface area contributed by atoms with Crippen LogP contribution < -0.4 is 20.7 Å². The number of hydrogen-bond acceptors (Lipinski definition) is 4. The monoisotopic (exact) mass is 389 g/mol. The van der Waals surface area contributed by atoms with Crippen LogP contribution in [-0.2, 0) is 9.59 Å². The van der Waals surface area contributed by atoms with Crippen LogP contribution in [0.1, 0.15) is 13.8 Å². The average molecular weight is 389 g/mol. The molecule has 3 aromatic carbocycles. The molecule has 0 unspecified atom stereocenters. The van der Waals surface area contributed by atoms with Crippen LogP contribution in [0.3, 0.4) is 0 Å². The van der Waals surface area contributed by atoms with Gasteiger partial charge in [0.25, 0.3) is 0 Å². The molecule has 0 aliphatic carbocycles. The van der Waals surface area contributed by atoms with Crippen molar-refractivity contribution in [2.75, 3.05) is 16.0 Å². The number of hydrogen-bond donors (Lipinski definition) is 3. The van der Waals surface area contributed by atoms with Gasteiger partial charge in [-0.25, -0.2) is 0 Å². The maximum absolute atomic E-state index is 12.5. The van der Waals surface area contributed by atoms with Crippen LogP contribution >= 0.6 is 0 Å². The van der Waals surface area contributed by atoms with Crippen LogP contribution in [0.4, 0.5) is 17.1 Å². The van der Waals surface area contributed by atoms with Crippen LogP contribution in [0.25, 0.3) is 0 Å². The Balaban J connectivity index is 1.56. The van der Waals surface area contributed by atoms with Crippen LogP contribution in [0.2, 0.25) is 0 Å². The molecule has 0 saturated carbocycles. The molecule has 3 rings (SSSR count). The molecule has 0 fully saturated rings. The van der Waals surface area contributed by atoms with Gasteiger partial charge in [-0.15, -0.1) is 0 Å². The zero-order valence-electron chi connectivity index (χ0n) is 16.3. The van der Waals surface area contributed by atoms with Crippen molar-refractivity contribution in [2.24, 2.45) is 0 Å². The number of rotatable bonds is 7. The molecule has 0 heterocycles. The van der Waals surface area contributed by atoms with E-state index in [4.69, 9.17) is 4.74 Å². The molecule has 0 aliphatic heterocycles. The zero-order valence-corrected chi connectivity index (χ0v) is 16.3. The molecular weight excluding hydrogens is 366 g/mol. The van der Waals surface area contributed by atoms with E-state index in [0.29, 0.717) is 17.1 Å². The number of anilines is 3. The first kappa shape index (κ1) is 19.9. The predicted molar refractivity (Wildman–Crippen MR) is 115 cm³/mol. The summed E-state index contributed by atoms with van der Waals surface area (Å²) in [5.74, 6) is 1.12. The Bertz CT molecular complexity index is 972. The molecule has 2 amide bonds. The first-order valence-electron chi connectivity index (χ1n) is 9.27. The van der Waals surface area contributed by atoms with E-state index >= 15 is 0 Å². The highest BCUT2D eigenvalue weighted by molar-refractivity contribution is 5.96. The van der Waals surface area contributed by atoms with E-state index < -0.39 is 6.04 Å². The van der Waals surface area contributed by atoms with Gasteiger partial charge in [-0.1, -0.05) is 24.3 Å². The number of benzene rings is 3. The Morgan fingerprint density at radius 3 is 2.10 bits per heavy atom. The van der Waals surface area contributed by atoms with Crippen LogP contribution in [0.15, 0.2) is 78.9 Å². The Kier molecular flexibility index (Phi) is 6.47. The summed E-state index contributed by atoms with van der Waals surface area (Å²) in [7, 11) is 0. The fraction of sp³-hybridized carbons (Fsp3) is 0.130. The first-order valence-corrected chi connectivity index (χ1v) is 9.27. The second kappa shape index (κ2) is 9.41. The van der Waals surface area contributed by atoms with Crippen molar-refractivity contribution in [1.29, 1.82) is 0 Å². The van der Waals surface area contributed by atoms with Crippen molar-refractivity contribution >= 4 is 28.9 Å². The second-order valence-corrected chi connectivity index (χ2v) is 6.56. The minimum absolute atomic E-state index is 0.146. The number of carbonyl (C=O) groups excluding carboxylic acids is 2. The third-order valence-corrected chi connectivity index (χ3v) is 4.06. The van der Waals surface area contributed by atoms with Gasteiger partial charge in [-0.2, -0.15) is 0 Å². The molecule has 0 aromatic heterocycles. The Labute approximate surface area is 169 Å². The van der Waals surface area contributed by atoms with E-state index in [2.05, 4.69) is 16.0 Å². The van der Waals surface area contributed by atoms with Crippen molar-refractivity contribution in [3.8, 4) is 11.5 Å². The molecule has 29 heavy (non-hydrogen) atoms. The summed E-state index contributed by atoms with van der Waals surface area (Å²) < 4.78 is 5.75. The maximum Gasteiger partial charge on any atom is 0.246 e.